The Kier molecular flexibility index (Phi) is 4.12. The second-order valence-electron chi connectivity index (χ2n) is 4.75. The van der Waals surface area contributed by atoms with Crippen molar-refractivity contribution in [2.45, 2.75) is 32.9 Å². The van der Waals surface area contributed by atoms with Gasteiger partial charge in [-0.15, -0.1) is 0 Å². The van der Waals surface area contributed by atoms with Crippen LogP contribution in [0.25, 0.3) is 0 Å². The number of hydrogen-bond donors (Lipinski definition) is 1. The zero-order chi connectivity index (χ0) is 13.8. The number of aromatic nitrogens is 2. The van der Waals surface area contributed by atoms with Crippen LogP contribution in [-0.4, -0.2) is 9.78 Å². The van der Waals surface area contributed by atoms with Crippen molar-refractivity contribution < 1.29 is 0 Å². The molecule has 0 radical (unpaired) electrons. The van der Waals surface area contributed by atoms with Crippen LogP contribution >= 0.6 is 0 Å². The molecule has 1 unspecified atom stereocenters. The van der Waals surface area contributed by atoms with Gasteiger partial charge in [-0.05, 0) is 30.0 Å². The highest BCUT2D eigenvalue weighted by Gasteiger charge is 2.08. The van der Waals surface area contributed by atoms with Gasteiger partial charge in [0.2, 0.25) is 0 Å². The minimum atomic E-state index is -0.223. The minimum Gasteiger partial charge on any atom is -0.322 e. The molecule has 0 fully saturated rings. The van der Waals surface area contributed by atoms with Crippen LogP contribution in [0.5, 0.6) is 0 Å². The van der Waals surface area contributed by atoms with Crippen molar-refractivity contribution in [3.8, 4) is 0 Å². The molecular weight excluding hydrogens is 238 g/mol. The van der Waals surface area contributed by atoms with Crippen molar-refractivity contribution in [1.29, 1.82) is 0 Å². The van der Waals surface area contributed by atoms with Crippen molar-refractivity contribution in [3.63, 3.8) is 0 Å². The third kappa shape index (κ3) is 3.29. The van der Waals surface area contributed by atoms with E-state index in [4.69, 9.17) is 5.73 Å². The summed E-state index contributed by atoms with van der Waals surface area (Å²) in [5.41, 5.74) is 9.18. The summed E-state index contributed by atoms with van der Waals surface area (Å²) in [6, 6.07) is 9.52. The normalized spacial score (nSPS) is 12.4. The minimum absolute atomic E-state index is 0.111. The third-order valence-electron chi connectivity index (χ3n) is 3.19. The molecule has 1 aromatic carbocycles. The van der Waals surface area contributed by atoms with Gasteiger partial charge < -0.3 is 5.73 Å². The van der Waals surface area contributed by atoms with Gasteiger partial charge in [-0.3, -0.25) is 4.79 Å². The van der Waals surface area contributed by atoms with Crippen molar-refractivity contribution in [3.05, 3.63) is 63.6 Å². The maximum absolute atomic E-state index is 11.8. The Labute approximate surface area is 112 Å². The van der Waals surface area contributed by atoms with E-state index >= 15 is 0 Å². The molecule has 2 N–H and O–H groups in total. The second-order valence-corrected chi connectivity index (χ2v) is 4.75. The van der Waals surface area contributed by atoms with Gasteiger partial charge in [-0.2, -0.15) is 5.10 Å². The molecular formula is C15H19N3O. The fourth-order valence-electron chi connectivity index (χ4n) is 1.95. The topological polar surface area (TPSA) is 60.9 Å². The van der Waals surface area contributed by atoms with E-state index in [0.717, 1.165) is 17.5 Å². The lowest BCUT2D eigenvalue weighted by Gasteiger charge is -2.13. The number of rotatable bonds is 4. The number of nitrogens with two attached hydrogens (primary N) is 1. The first-order valence-electron chi connectivity index (χ1n) is 6.48. The van der Waals surface area contributed by atoms with Crippen molar-refractivity contribution in [1.82, 2.24) is 9.78 Å². The van der Waals surface area contributed by atoms with E-state index in [9.17, 15) is 4.79 Å². The van der Waals surface area contributed by atoms with Crippen LogP contribution in [0.2, 0.25) is 0 Å². The van der Waals surface area contributed by atoms with Crippen molar-refractivity contribution in [2.24, 2.45) is 5.73 Å². The zero-order valence-corrected chi connectivity index (χ0v) is 11.3. The van der Waals surface area contributed by atoms with Gasteiger partial charge in [0, 0.05) is 12.1 Å². The molecule has 100 valence electrons. The molecule has 0 aliphatic heterocycles. The summed E-state index contributed by atoms with van der Waals surface area (Å²) in [6.07, 6.45) is 2.68. The van der Waals surface area contributed by atoms with Crippen molar-refractivity contribution in [2.75, 3.05) is 0 Å². The first-order valence-corrected chi connectivity index (χ1v) is 6.48. The largest absolute Gasteiger partial charge is 0.322 e. The molecule has 0 saturated carbocycles. The van der Waals surface area contributed by atoms with E-state index in [0.29, 0.717) is 6.54 Å². The molecule has 0 aliphatic rings. The number of benzene rings is 1. The highest BCUT2D eigenvalue weighted by atomic mass is 16.1. The van der Waals surface area contributed by atoms with E-state index in [1.165, 1.54) is 10.2 Å². The monoisotopic (exact) mass is 257 g/mol. The van der Waals surface area contributed by atoms with Gasteiger partial charge in [0.05, 0.1) is 12.7 Å². The summed E-state index contributed by atoms with van der Waals surface area (Å²) in [5.74, 6) is 0. The van der Waals surface area contributed by atoms with Gasteiger partial charge in [-0.25, -0.2) is 4.68 Å². The first kappa shape index (κ1) is 13.5. The molecule has 4 nitrogen and oxygen atoms in total. The van der Waals surface area contributed by atoms with Crippen LogP contribution in [0.3, 0.4) is 0 Å². The van der Waals surface area contributed by atoms with E-state index in [1.807, 2.05) is 19.1 Å². The summed E-state index contributed by atoms with van der Waals surface area (Å²) < 4.78 is 1.41. The predicted octanol–water partition coefficient (Wildman–Crippen LogP) is 1.81. The molecule has 2 rings (SSSR count). The quantitative estimate of drug-likeness (QED) is 0.908. The lowest BCUT2D eigenvalue weighted by atomic mass is 10.0. The second kappa shape index (κ2) is 5.80. The van der Waals surface area contributed by atoms with E-state index in [-0.39, 0.29) is 11.6 Å². The Morgan fingerprint density at radius 1 is 1.32 bits per heavy atom. The number of aryl methyl sites for hydroxylation is 2. The molecule has 0 spiro atoms. The first-order chi connectivity index (χ1) is 9.10. The molecule has 1 atom stereocenters. The van der Waals surface area contributed by atoms with Crippen LogP contribution in [-0.2, 0) is 13.0 Å². The molecule has 0 amide bonds. The number of nitrogens with zero attached hydrogens (tertiary/aromatic N) is 2. The lowest BCUT2D eigenvalue weighted by Crippen LogP contribution is -2.28. The third-order valence-corrected chi connectivity index (χ3v) is 3.19. The van der Waals surface area contributed by atoms with E-state index < -0.39 is 0 Å². The molecule has 1 heterocycles. The lowest BCUT2D eigenvalue weighted by molar-refractivity contribution is 0.502. The van der Waals surface area contributed by atoms with Crippen LogP contribution in [0.1, 0.15) is 29.7 Å². The molecule has 0 bridgehead atoms. The molecule has 0 saturated heterocycles. The summed E-state index contributed by atoms with van der Waals surface area (Å²) >= 11 is 0. The zero-order valence-electron chi connectivity index (χ0n) is 11.3. The van der Waals surface area contributed by atoms with Crippen LogP contribution in [0, 0.1) is 6.92 Å². The maximum Gasteiger partial charge on any atom is 0.267 e. The summed E-state index contributed by atoms with van der Waals surface area (Å²) in [7, 11) is 0. The van der Waals surface area contributed by atoms with E-state index in [1.54, 1.807) is 12.3 Å². The Morgan fingerprint density at radius 2 is 2.00 bits per heavy atom. The Hall–Kier alpha value is -1.94. The van der Waals surface area contributed by atoms with Crippen LogP contribution in [0.4, 0.5) is 0 Å². The fourth-order valence-corrected chi connectivity index (χ4v) is 1.95. The molecule has 1 aromatic heterocycles. The number of hydrogen-bond acceptors (Lipinski definition) is 3. The van der Waals surface area contributed by atoms with Gasteiger partial charge in [-0.1, -0.05) is 31.2 Å². The summed E-state index contributed by atoms with van der Waals surface area (Å²) in [4.78, 5) is 11.8. The van der Waals surface area contributed by atoms with Gasteiger partial charge >= 0.3 is 0 Å². The summed E-state index contributed by atoms with van der Waals surface area (Å²) in [6.45, 7) is 4.36. The average Bonchev–Trinajstić information content (AvgIpc) is 2.42. The van der Waals surface area contributed by atoms with Crippen LogP contribution < -0.4 is 11.3 Å². The maximum atomic E-state index is 11.8. The Morgan fingerprint density at radius 3 is 2.58 bits per heavy atom. The van der Waals surface area contributed by atoms with Crippen LogP contribution in [0.15, 0.2) is 41.3 Å². The SMILES string of the molecule is CCc1ccc(C(N)Cn2ncc(C)cc2=O)cc1. The van der Waals surface area contributed by atoms with E-state index in [2.05, 4.69) is 24.2 Å². The van der Waals surface area contributed by atoms with Crippen molar-refractivity contribution >= 4 is 0 Å². The molecule has 0 aliphatic carbocycles. The van der Waals surface area contributed by atoms with Gasteiger partial charge in [0.25, 0.3) is 5.56 Å². The standard InChI is InChI=1S/C15H19N3O/c1-3-12-4-6-13(7-5-12)14(16)10-18-15(19)8-11(2)9-17-18/h4-9,14H,3,10,16H2,1-2H3. The summed E-state index contributed by atoms with van der Waals surface area (Å²) in [5, 5.41) is 4.10. The Bertz CT molecular complexity index is 602. The molecule has 2 aromatic rings. The highest BCUT2D eigenvalue weighted by molar-refractivity contribution is 5.24. The van der Waals surface area contributed by atoms with Gasteiger partial charge in [0.15, 0.2) is 0 Å². The predicted molar refractivity (Wildman–Crippen MR) is 76.0 cm³/mol. The van der Waals surface area contributed by atoms with Gasteiger partial charge in [0.1, 0.15) is 0 Å². The average molecular weight is 257 g/mol. The Balaban J connectivity index is 2.15. The molecule has 4 heteroatoms. The molecule has 19 heavy (non-hydrogen) atoms. The fraction of sp³-hybridized carbons (Fsp3) is 0.333. The highest BCUT2D eigenvalue weighted by Crippen LogP contribution is 2.13. The smallest absolute Gasteiger partial charge is 0.267 e.